The maximum atomic E-state index is 11.6. The van der Waals surface area contributed by atoms with Gasteiger partial charge in [-0.05, 0) is 32.2 Å². The molecule has 2 fully saturated rings. The molecule has 0 bridgehead atoms. The number of carbonyl (C=O) groups excluding carboxylic acids is 1. The number of carbonyl (C=O) groups is 1. The molecule has 1 N–H and O–H groups in total. The van der Waals surface area contributed by atoms with E-state index in [0.717, 1.165) is 38.9 Å². The van der Waals surface area contributed by atoms with Gasteiger partial charge in [0.25, 0.3) is 0 Å². The van der Waals surface area contributed by atoms with Crippen molar-refractivity contribution in [1.29, 1.82) is 0 Å². The second kappa shape index (κ2) is 5.35. The van der Waals surface area contributed by atoms with Gasteiger partial charge in [0, 0.05) is 19.1 Å². The molecule has 0 aromatic heterocycles. The van der Waals surface area contributed by atoms with E-state index in [1.807, 2.05) is 4.90 Å². The van der Waals surface area contributed by atoms with Crippen LogP contribution in [0.3, 0.4) is 0 Å². The SMILES string of the molecule is O=C(OC[C@@H]1CCCCN1)N1CCCC1. The lowest BCUT2D eigenvalue weighted by atomic mass is 10.1. The predicted octanol–water partition coefficient (Wildman–Crippen LogP) is 1.36. The zero-order valence-electron chi connectivity index (χ0n) is 9.21. The normalized spacial score (nSPS) is 26.7. The monoisotopic (exact) mass is 212 g/mol. The smallest absolute Gasteiger partial charge is 0.409 e. The molecule has 15 heavy (non-hydrogen) atoms. The van der Waals surface area contributed by atoms with Crippen molar-refractivity contribution < 1.29 is 9.53 Å². The van der Waals surface area contributed by atoms with Crippen molar-refractivity contribution in [2.24, 2.45) is 0 Å². The maximum Gasteiger partial charge on any atom is 0.409 e. The van der Waals surface area contributed by atoms with Gasteiger partial charge in [0.15, 0.2) is 0 Å². The van der Waals surface area contributed by atoms with E-state index in [9.17, 15) is 4.79 Å². The number of hydrogen-bond acceptors (Lipinski definition) is 3. The fourth-order valence-corrected chi connectivity index (χ4v) is 2.23. The van der Waals surface area contributed by atoms with Crippen LogP contribution in [0.4, 0.5) is 4.79 Å². The summed E-state index contributed by atoms with van der Waals surface area (Å²) in [5.74, 6) is 0. The van der Waals surface area contributed by atoms with Gasteiger partial charge < -0.3 is 15.0 Å². The van der Waals surface area contributed by atoms with Crippen LogP contribution in [-0.2, 0) is 4.74 Å². The third kappa shape index (κ3) is 3.09. The molecule has 86 valence electrons. The molecule has 0 aromatic rings. The molecule has 0 aliphatic carbocycles. The third-order valence-corrected chi connectivity index (χ3v) is 3.18. The van der Waals surface area contributed by atoms with Crippen LogP contribution in [-0.4, -0.2) is 43.3 Å². The van der Waals surface area contributed by atoms with Gasteiger partial charge in [0.2, 0.25) is 0 Å². The lowest BCUT2D eigenvalue weighted by molar-refractivity contribution is 0.0964. The van der Waals surface area contributed by atoms with Crippen LogP contribution in [0.2, 0.25) is 0 Å². The number of nitrogens with one attached hydrogen (secondary N) is 1. The molecule has 0 spiro atoms. The molecule has 0 radical (unpaired) electrons. The summed E-state index contributed by atoms with van der Waals surface area (Å²) in [4.78, 5) is 13.4. The Balaban J connectivity index is 1.65. The van der Waals surface area contributed by atoms with Gasteiger partial charge in [-0.1, -0.05) is 6.42 Å². The summed E-state index contributed by atoms with van der Waals surface area (Å²) in [6.07, 6.45) is 5.75. The Morgan fingerprint density at radius 1 is 1.27 bits per heavy atom. The van der Waals surface area contributed by atoms with E-state index in [2.05, 4.69) is 5.32 Å². The highest BCUT2D eigenvalue weighted by Gasteiger charge is 2.21. The predicted molar refractivity (Wildman–Crippen MR) is 57.8 cm³/mol. The van der Waals surface area contributed by atoms with Crippen LogP contribution in [0.5, 0.6) is 0 Å². The highest BCUT2D eigenvalue weighted by molar-refractivity contribution is 5.67. The first-order valence-corrected chi connectivity index (χ1v) is 6.01. The summed E-state index contributed by atoms with van der Waals surface area (Å²) in [5, 5.41) is 3.37. The summed E-state index contributed by atoms with van der Waals surface area (Å²) < 4.78 is 5.29. The van der Waals surface area contributed by atoms with Crippen molar-refractivity contribution in [3.63, 3.8) is 0 Å². The van der Waals surface area contributed by atoms with Crippen molar-refractivity contribution in [2.45, 2.75) is 38.1 Å². The van der Waals surface area contributed by atoms with Crippen LogP contribution in [0.1, 0.15) is 32.1 Å². The minimum atomic E-state index is -0.125. The van der Waals surface area contributed by atoms with E-state index < -0.39 is 0 Å². The van der Waals surface area contributed by atoms with E-state index in [4.69, 9.17) is 4.74 Å². The lowest BCUT2D eigenvalue weighted by Crippen LogP contribution is -2.40. The number of nitrogens with zero attached hydrogens (tertiary/aromatic N) is 1. The summed E-state index contributed by atoms with van der Waals surface area (Å²) in [5.41, 5.74) is 0. The Labute approximate surface area is 91.0 Å². The Bertz CT molecular complexity index is 209. The van der Waals surface area contributed by atoms with Crippen molar-refractivity contribution in [1.82, 2.24) is 10.2 Å². The molecular formula is C11H20N2O2. The first kappa shape index (κ1) is 10.7. The van der Waals surface area contributed by atoms with Crippen LogP contribution in [0.25, 0.3) is 0 Å². The fourth-order valence-electron chi connectivity index (χ4n) is 2.23. The van der Waals surface area contributed by atoms with Crippen molar-refractivity contribution in [3.8, 4) is 0 Å². The summed E-state index contributed by atoms with van der Waals surface area (Å²) in [6.45, 7) is 3.34. The molecule has 2 aliphatic rings. The number of rotatable bonds is 2. The average Bonchev–Trinajstić information content (AvgIpc) is 2.81. The van der Waals surface area contributed by atoms with Crippen molar-refractivity contribution in [3.05, 3.63) is 0 Å². The van der Waals surface area contributed by atoms with Crippen molar-refractivity contribution >= 4 is 6.09 Å². The third-order valence-electron chi connectivity index (χ3n) is 3.18. The van der Waals surface area contributed by atoms with E-state index in [1.54, 1.807) is 0 Å². The number of piperidine rings is 1. The molecule has 0 aromatic carbocycles. The zero-order valence-corrected chi connectivity index (χ0v) is 9.21. The quantitative estimate of drug-likeness (QED) is 0.751. The second-order valence-corrected chi connectivity index (χ2v) is 4.42. The van der Waals surface area contributed by atoms with E-state index in [0.29, 0.717) is 12.6 Å². The first-order valence-electron chi connectivity index (χ1n) is 6.01. The highest BCUT2D eigenvalue weighted by atomic mass is 16.6. The van der Waals surface area contributed by atoms with E-state index >= 15 is 0 Å². The molecule has 1 amide bonds. The molecule has 0 saturated carbocycles. The first-order chi connectivity index (χ1) is 7.36. The molecule has 4 heteroatoms. The van der Waals surface area contributed by atoms with Gasteiger partial charge >= 0.3 is 6.09 Å². The van der Waals surface area contributed by atoms with E-state index in [1.165, 1.54) is 12.8 Å². The van der Waals surface area contributed by atoms with Crippen molar-refractivity contribution in [2.75, 3.05) is 26.2 Å². The summed E-state index contributed by atoms with van der Waals surface area (Å²) >= 11 is 0. The number of hydrogen-bond donors (Lipinski definition) is 1. The summed E-state index contributed by atoms with van der Waals surface area (Å²) in [7, 11) is 0. The summed E-state index contributed by atoms with van der Waals surface area (Å²) in [6, 6.07) is 0.380. The minimum Gasteiger partial charge on any atom is -0.448 e. The van der Waals surface area contributed by atoms with Gasteiger partial charge in [-0.3, -0.25) is 0 Å². The maximum absolute atomic E-state index is 11.6. The topological polar surface area (TPSA) is 41.6 Å². The Morgan fingerprint density at radius 3 is 2.73 bits per heavy atom. The van der Waals surface area contributed by atoms with Gasteiger partial charge in [-0.2, -0.15) is 0 Å². The van der Waals surface area contributed by atoms with Gasteiger partial charge in [-0.15, -0.1) is 0 Å². The Morgan fingerprint density at radius 2 is 2.07 bits per heavy atom. The fraction of sp³-hybridized carbons (Fsp3) is 0.909. The second-order valence-electron chi connectivity index (χ2n) is 4.42. The largest absolute Gasteiger partial charge is 0.448 e. The number of likely N-dealkylation sites (tertiary alicyclic amines) is 1. The zero-order chi connectivity index (χ0) is 10.5. The molecule has 2 saturated heterocycles. The standard InChI is InChI=1S/C11H20N2O2/c14-11(13-7-3-4-8-13)15-9-10-5-1-2-6-12-10/h10,12H,1-9H2/t10-/m0/s1. The average molecular weight is 212 g/mol. The molecule has 0 unspecified atom stereocenters. The Hall–Kier alpha value is -0.770. The highest BCUT2D eigenvalue weighted by Crippen LogP contribution is 2.11. The van der Waals surface area contributed by atoms with Crippen LogP contribution >= 0.6 is 0 Å². The minimum absolute atomic E-state index is 0.125. The molecular weight excluding hydrogens is 192 g/mol. The van der Waals surface area contributed by atoms with Crippen LogP contribution in [0.15, 0.2) is 0 Å². The Kier molecular flexibility index (Phi) is 3.83. The van der Waals surface area contributed by atoms with Crippen LogP contribution in [0, 0.1) is 0 Å². The van der Waals surface area contributed by atoms with Gasteiger partial charge in [0.1, 0.15) is 6.61 Å². The van der Waals surface area contributed by atoms with E-state index in [-0.39, 0.29) is 6.09 Å². The molecule has 1 atom stereocenters. The number of ether oxygens (including phenoxy) is 1. The molecule has 2 rings (SSSR count). The van der Waals surface area contributed by atoms with Crippen LogP contribution < -0.4 is 5.32 Å². The molecule has 2 heterocycles. The molecule has 2 aliphatic heterocycles. The number of amides is 1. The lowest BCUT2D eigenvalue weighted by Gasteiger charge is -2.24. The molecule has 4 nitrogen and oxygen atoms in total. The van der Waals surface area contributed by atoms with Gasteiger partial charge in [-0.25, -0.2) is 4.79 Å². The van der Waals surface area contributed by atoms with Gasteiger partial charge in [0.05, 0.1) is 0 Å².